The van der Waals surface area contributed by atoms with Crippen molar-refractivity contribution in [2.75, 3.05) is 6.54 Å². The van der Waals surface area contributed by atoms with Gasteiger partial charge in [0.25, 0.3) is 0 Å². The molecule has 1 aromatic rings. The molecule has 1 aromatic carbocycles. The van der Waals surface area contributed by atoms with Crippen molar-refractivity contribution < 1.29 is 9.90 Å². The summed E-state index contributed by atoms with van der Waals surface area (Å²) in [5.74, 6) is -0.346. The van der Waals surface area contributed by atoms with Gasteiger partial charge in [-0.3, -0.25) is 4.79 Å². The van der Waals surface area contributed by atoms with Gasteiger partial charge < -0.3 is 10.4 Å². The van der Waals surface area contributed by atoms with E-state index in [2.05, 4.69) is 5.32 Å². The number of hydrogen-bond acceptors (Lipinski definition) is 2. The summed E-state index contributed by atoms with van der Waals surface area (Å²) in [6.45, 7) is 0.777. The van der Waals surface area contributed by atoms with Crippen molar-refractivity contribution in [3.05, 3.63) is 34.9 Å². The third-order valence-electron chi connectivity index (χ3n) is 2.96. The van der Waals surface area contributed by atoms with E-state index in [1.54, 1.807) is 0 Å². The van der Waals surface area contributed by atoms with E-state index in [4.69, 9.17) is 16.7 Å². The Labute approximate surface area is 99.4 Å². The summed E-state index contributed by atoms with van der Waals surface area (Å²) < 4.78 is 0. The molecule has 2 atom stereocenters. The molecule has 0 saturated carbocycles. The van der Waals surface area contributed by atoms with Crippen molar-refractivity contribution >= 4 is 17.6 Å². The molecule has 0 radical (unpaired) electrons. The number of carbonyl (C=O) groups is 1. The Morgan fingerprint density at radius 1 is 1.44 bits per heavy atom. The molecule has 0 aliphatic carbocycles. The molecule has 0 aromatic heterocycles. The molecular formula is C12H14ClNO2. The summed E-state index contributed by atoms with van der Waals surface area (Å²) in [5, 5.41) is 12.6. The van der Waals surface area contributed by atoms with E-state index in [1.807, 2.05) is 24.3 Å². The molecule has 2 N–H and O–H groups in total. The minimum absolute atomic E-state index is 0.377. The van der Waals surface area contributed by atoms with Crippen molar-refractivity contribution in [1.29, 1.82) is 0 Å². The maximum Gasteiger partial charge on any atom is 0.320 e. The van der Waals surface area contributed by atoms with E-state index < -0.39 is 5.97 Å². The molecule has 0 spiro atoms. The Bertz CT molecular complexity index is 377. The van der Waals surface area contributed by atoms with E-state index >= 15 is 0 Å². The van der Waals surface area contributed by atoms with Crippen molar-refractivity contribution in [3.8, 4) is 0 Å². The van der Waals surface area contributed by atoms with E-state index in [0.717, 1.165) is 18.0 Å². The van der Waals surface area contributed by atoms with Gasteiger partial charge in [-0.1, -0.05) is 23.7 Å². The number of benzene rings is 1. The van der Waals surface area contributed by atoms with Crippen LogP contribution >= 0.6 is 11.6 Å². The van der Waals surface area contributed by atoms with Gasteiger partial charge in [0.15, 0.2) is 0 Å². The van der Waals surface area contributed by atoms with Gasteiger partial charge in [-0.25, -0.2) is 0 Å². The second-order valence-corrected chi connectivity index (χ2v) is 4.67. The standard InChI is InChI=1S/C12H14ClNO2/c13-10-3-1-8(2-4-10)5-9-6-11(12(15)16)14-7-9/h1-4,9,11,14H,5-7H2,(H,15,16). The fourth-order valence-electron chi connectivity index (χ4n) is 2.11. The van der Waals surface area contributed by atoms with Gasteiger partial charge in [-0.2, -0.15) is 0 Å². The van der Waals surface area contributed by atoms with Crippen LogP contribution in [0.1, 0.15) is 12.0 Å². The van der Waals surface area contributed by atoms with E-state index in [9.17, 15) is 4.79 Å². The van der Waals surface area contributed by atoms with Gasteiger partial charge >= 0.3 is 5.97 Å². The Morgan fingerprint density at radius 3 is 2.69 bits per heavy atom. The first-order chi connectivity index (χ1) is 7.65. The van der Waals surface area contributed by atoms with Crippen LogP contribution in [0.3, 0.4) is 0 Å². The number of nitrogens with one attached hydrogen (secondary N) is 1. The van der Waals surface area contributed by atoms with Crippen molar-refractivity contribution in [3.63, 3.8) is 0 Å². The van der Waals surface area contributed by atoms with Gasteiger partial charge in [0.2, 0.25) is 0 Å². The topological polar surface area (TPSA) is 49.3 Å². The van der Waals surface area contributed by atoms with Crippen LogP contribution < -0.4 is 5.32 Å². The zero-order valence-corrected chi connectivity index (χ0v) is 9.57. The molecule has 1 saturated heterocycles. The first-order valence-corrected chi connectivity index (χ1v) is 5.73. The van der Waals surface area contributed by atoms with E-state index in [0.29, 0.717) is 12.3 Å². The fourth-order valence-corrected chi connectivity index (χ4v) is 2.23. The lowest BCUT2D eigenvalue weighted by molar-refractivity contribution is -0.139. The Hall–Kier alpha value is -1.06. The normalized spacial score (nSPS) is 24.6. The number of halogens is 1. The molecule has 2 unspecified atom stereocenters. The molecule has 86 valence electrons. The van der Waals surface area contributed by atoms with E-state index in [1.165, 1.54) is 5.56 Å². The molecule has 16 heavy (non-hydrogen) atoms. The minimum atomic E-state index is -0.751. The fraction of sp³-hybridized carbons (Fsp3) is 0.417. The van der Waals surface area contributed by atoms with Gasteiger partial charge in [-0.15, -0.1) is 0 Å². The molecule has 0 amide bonds. The zero-order chi connectivity index (χ0) is 11.5. The monoisotopic (exact) mass is 239 g/mol. The highest BCUT2D eigenvalue weighted by Crippen LogP contribution is 2.20. The average molecular weight is 240 g/mol. The quantitative estimate of drug-likeness (QED) is 0.848. The predicted octanol–water partition coefficient (Wildman–Crippen LogP) is 1.95. The summed E-state index contributed by atoms with van der Waals surface area (Å²) in [6, 6.07) is 7.35. The first kappa shape index (κ1) is 11.4. The van der Waals surface area contributed by atoms with Crippen LogP contribution in [0.4, 0.5) is 0 Å². The molecule has 2 rings (SSSR count). The van der Waals surface area contributed by atoms with Crippen LogP contribution in [0, 0.1) is 5.92 Å². The average Bonchev–Trinajstić information content (AvgIpc) is 2.70. The van der Waals surface area contributed by atoms with Crippen LogP contribution in [-0.2, 0) is 11.2 Å². The maximum absolute atomic E-state index is 10.8. The lowest BCUT2D eigenvalue weighted by Crippen LogP contribution is -2.29. The van der Waals surface area contributed by atoms with Crippen molar-refractivity contribution in [2.24, 2.45) is 5.92 Å². The molecule has 1 aliphatic rings. The second kappa shape index (κ2) is 4.85. The third kappa shape index (κ3) is 2.74. The zero-order valence-electron chi connectivity index (χ0n) is 8.82. The summed E-state index contributed by atoms with van der Waals surface area (Å²) in [7, 11) is 0. The van der Waals surface area contributed by atoms with Crippen LogP contribution in [0.15, 0.2) is 24.3 Å². The molecule has 1 aliphatic heterocycles. The van der Waals surface area contributed by atoms with Crippen LogP contribution in [0.25, 0.3) is 0 Å². The van der Waals surface area contributed by atoms with Gasteiger partial charge in [0, 0.05) is 5.02 Å². The van der Waals surface area contributed by atoms with Gasteiger partial charge in [0.1, 0.15) is 6.04 Å². The predicted molar refractivity (Wildman–Crippen MR) is 62.7 cm³/mol. The molecule has 0 bridgehead atoms. The van der Waals surface area contributed by atoms with Crippen LogP contribution in [-0.4, -0.2) is 23.7 Å². The maximum atomic E-state index is 10.8. The lowest BCUT2D eigenvalue weighted by Gasteiger charge is -2.08. The molecule has 3 nitrogen and oxygen atoms in total. The van der Waals surface area contributed by atoms with Gasteiger partial charge in [-0.05, 0) is 43.0 Å². The first-order valence-electron chi connectivity index (χ1n) is 5.36. The summed E-state index contributed by atoms with van der Waals surface area (Å²) in [6.07, 6.45) is 1.62. The highest BCUT2D eigenvalue weighted by molar-refractivity contribution is 6.30. The largest absolute Gasteiger partial charge is 0.480 e. The smallest absolute Gasteiger partial charge is 0.320 e. The SMILES string of the molecule is O=C(O)C1CC(Cc2ccc(Cl)cc2)CN1. The number of rotatable bonds is 3. The highest BCUT2D eigenvalue weighted by atomic mass is 35.5. The Morgan fingerprint density at radius 2 is 2.12 bits per heavy atom. The third-order valence-corrected chi connectivity index (χ3v) is 3.21. The number of carboxylic acids is 1. The van der Waals surface area contributed by atoms with Crippen LogP contribution in [0.5, 0.6) is 0 Å². The van der Waals surface area contributed by atoms with Gasteiger partial charge in [0.05, 0.1) is 0 Å². The van der Waals surface area contributed by atoms with Crippen LogP contribution in [0.2, 0.25) is 5.02 Å². The molecule has 1 fully saturated rings. The molecule has 4 heteroatoms. The Balaban J connectivity index is 1.92. The van der Waals surface area contributed by atoms with E-state index in [-0.39, 0.29) is 6.04 Å². The molecule has 1 heterocycles. The second-order valence-electron chi connectivity index (χ2n) is 4.23. The number of aliphatic carboxylic acids is 1. The lowest BCUT2D eigenvalue weighted by atomic mass is 9.97. The number of hydrogen-bond donors (Lipinski definition) is 2. The summed E-state index contributed by atoms with van der Waals surface area (Å²) in [5.41, 5.74) is 1.21. The van der Waals surface area contributed by atoms with Crippen molar-refractivity contribution in [1.82, 2.24) is 5.32 Å². The van der Waals surface area contributed by atoms with Crippen molar-refractivity contribution in [2.45, 2.75) is 18.9 Å². The molecular weight excluding hydrogens is 226 g/mol. The number of carboxylic acid groups (broad SMARTS) is 1. The summed E-state index contributed by atoms with van der Waals surface area (Å²) >= 11 is 5.80. The minimum Gasteiger partial charge on any atom is -0.480 e. The highest BCUT2D eigenvalue weighted by Gasteiger charge is 2.28. The summed E-state index contributed by atoms with van der Waals surface area (Å²) in [4.78, 5) is 10.8. The Kier molecular flexibility index (Phi) is 3.46.